The molecule has 2 N–H and O–H groups in total. The van der Waals surface area contributed by atoms with Gasteiger partial charge in [-0.25, -0.2) is 17.5 Å². The quantitative estimate of drug-likeness (QED) is 0.565. The third kappa shape index (κ3) is 4.95. The number of furan rings is 1. The zero-order valence-corrected chi connectivity index (χ0v) is 16.9. The lowest BCUT2D eigenvalue weighted by molar-refractivity contribution is -0.116. The van der Waals surface area contributed by atoms with Crippen LogP contribution in [0.3, 0.4) is 0 Å². The lowest BCUT2D eigenvalue weighted by Crippen LogP contribution is -2.25. The highest BCUT2D eigenvalue weighted by atomic mass is 32.2. The van der Waals surface area contributed by atoms with E-state index >= 15 is 0 Å². The number of carbonyl (C=O) groups is 1. The van der Waals surface area contributed by atoms with Crippen LogP contribution in [0.4, 0.5) is 10.1 Å². The van der Waals surface area contributed by atoms with Crippen LogP contribution in [-0.2, 0) is 21.2 Å². The molecule has 30 heavy (non-hydrogen) atoms. The Balaban J connectivity index is 1.35. The summed E-state index contributed by atoms with van der Waals surface area (Å²) >= 11 is 0. The molecule has 1 saturated carbocycles. The van der Waals surface area contributed by atoms with E-state index in [0.717, 1.165) is 12.8 Å². The molecule has 0 unspecified atom stereocenters. The lowest BCUT2D eigenvalue weighted by atomic mass is 10.1. The molecule has 1 aliphatic rings. The minimum Gasteiger partial charge on any atom is -0.461 e. The second kappa shape index (κ2) is 8.41. The van der Waals surface area contributed by atoms with E-state index in [9.17, 15) is 17.6 Å². The average Bonchev–Trinajstić information content (AvgIpc) is 3.39. The van der Waals surface area contributed by atoms with E-state index in [-0.39, 0.29) is 29.1 Å². The summed E-state index contributed by atoms with van der Waals surface area (Å²) in [6.45, 7) is 0. The monoisotopic (exact) mass is 428 g/mol. The molecule has 0 radical (unpaired) electrons. The summed E-state index contributed by atoms with van der Waals surface area (Å²) in [5.74, 6) is 0.323. The molecule has 1 aromatic heterocycles. The number of hydrogen-bond acceptors (Lipinski definition) is 4. The lowest BCUT2D eigenvalue weighted by Gasteiger charge is -2.09. The van der Waals surface area contributed by atoms with Gasteiger partial charge in [0.1, 0.15) is 17.3 Å². The smallest absolute Gasteiger partial charge is 0.240 e. The Hall–Kier alpha value is -2.97. The van der Waals surface area contributed by atoms with Crippen LogP contribution in [0.2, 0.25) is 0 Å². The van der Waals surface area contributed by atoms with Crippen molar-refractivity contribution in [2.24, 2.45) is 0 Å². The van der Waals surface area contributed by atoms with Crippen LogP contribution in [0.15, 0.2) is 70.0 Å². The number of rotatable bonds is 8. The molecule has 3 aromatic rings. The van der Waals surface area contributed by atoms with Gasteiger partial charge in [-0.15, -0.1) is 0 Å². The van der Waals surface area contributed by atoms with Gasteiger partial charge in [0.2, 0.25) is 15.9 Å². The van der Waals surface area contributed by atoms with Gasteiger partial charge in [-0.2, -0.15) is 0 Å². The molecule has 1 heterocycles. The molecule has 1 amide bonds. The van der Waals surface area contributed by atoms with Crippen molar-refractivity contribution in [3.05, 3.63) is 72.2 Å². The zero-order chi connectivity index (χ0) is 21.1. The van der Waals surface area contributed by atoms with Gasteiger partial charge in [0.15, 0.2) is 0 Å². The SMILES string of the molecule is O=C(CCc1ccc(-c2ccccc2F)o1)Nc1cccc(S(=O)(=O)NC2CC2)c1. The Morgan fingerprint density at radius 2 is 1.87 bits per heavy atom. The fourth-order valence-corrected chi connectivity index (χ4v) is 4.36. The molecule has 0 bridgehead atoms. The third-order valence-electron chi connectivity index (χ3n) is 4.73. The van der Waals surface area contributed by atoms with Gasteiger partial charge in [0.25, 0.3) is 0 Å². The molecule has 1 fully saturated rings. The number of nitrogens with one attached hydrogen (secondary N) is 2. The van der Waals surface area contributed by atoms with Gasteiger partial charge in [-0.3, -0.25) is 4.79 Å². The van der Waals surface area contributed by atoms with Gasteiger partial charge in [-0.1, -0.05) is 18.2 Å². The van der Waals surface area contributed by atoms with Crippen LogP contribution >= 0.6 is 0 Å². The van der Waals surface area contributed by atoms with E-state index < -0.39 is 10.0 Å². The van der Waals surface area contributed by atoms with Crippen molar-refractivity contribution in [3.8, 4) is 11.3 Å². The Labute approximate surface area is 174 Å². The Morgan fingerprint density at radius 3 is 2.63 bits per heavy atom. The average molecular weight is 428 g/mol. The number of carbonyl (C=O) groups excluding carboxylic acids is 1. The molecule has 0 saturated heterocycles. The topological polar surface area (TPSA) is 88.4 Å². The van der Waals surface area contributed by atoms with Gasteiger partial charge in [0.05, 0.1) is 10.5 Å². The Bertz CT molecular complexity index is 1170. The predicted molar refractivity (Wildman–Crippen MR) is 111 cm³/mol. The first-order chi connectivity index (χ1) is 14.4. The maximum absolute atomic E-state index is 13.9. The van der Waals surface area contributed by atoms with Crippen LogP contribution in [0.1, 0.15) is 25.0 Å². The number of amides is 1. The van der Waals surface area contributed by atoms with Gasteiger partial charge in [0, 0.05) is 24.6 Å². The second-order valence-electron chi connectivity index (χ2n) is 7.22. The largest absolute Gasteiger partial charge is 0.461 e. The first kappa shape index (κ1) is 20.3. The summed E-state index contributed by atoms with van der Waals surface area (Å²) in [4.78, 5) is 12.4. The fraction of sp³-hybridized carbons (Fsp3) is 0.227. The van der Waals surface area contributed by atoms with Gasteiger partial charge in [-0.05, 0) is 55.3 Å². The van der Waals surface area contributed by atoms with Crippen LogP contribution < -0.4 is 10.0 Å². The molecular formula is C22H21FN2O4S. The van der Waals surface area contributed by atoms with Crippen LogP contribution in [0.5, 0.6) is 0 Å². The summed E-state index contributed by atoms with van der Waals surface area (Å²) in [6.07, 6.45) is 2.17. The molecule has 8 heteroatoms. The van der Waals surface area contributed by atoms with E-state index in [2.05, 4.69) is 10.0 Å². The highest BCUT2D eigenvalue weighted by Gasteiger charge is 2.28. The third-order valence-corrected chi connectivity index (χ3v) is 6.24. The number of benzene rings is 2. The number of anilines is 1. The first-order valence-corrected chi connectivity index (χ1v) is 11.1. The molecule has 0 aliphatic heterocycles. The summed E-state index contributed by atoms with van der Waals surface area (Å²) in [5.41, 5.74) is 0.774. The van der Waals surface area contributed by atoms with Crippen molar-refractivity contribution in [1.82, 2.24) is 4.72 Å². The van der Waals surface area contributed by atoms with Crippen molar-refractivity contribution in [2.75, 3.05) is 5.32 Å². The van der Waals surface area contributed by atoms with Gasteiger partial charge >= 0.3 is 0 Å². The van der Waals surface area contributed by atoms with E-state index in [1.807, 2.05) is 0 Å². The zero-order valence-electron chi connectivity index (χ0n) is 16.1. The summed E-state index contributed by atoms with van der Waals surface area (Å²) in [6, 6.07) is 15.9. The molecule has 0 atom stereocenters. The van der Waals surface area contributed by atoms with Crippen molar-refractivity contribution < 1.29 is 22.0 Å². The van der Waals surface area contributed by atoms with Gasteiger partial charge < -0.3 is 9.73 Å². The molecule has 6 nitrogen and oxygen atoms in total. The molecule has 1 aliphatic carbocycles. The highest BCUT2D eigenvalue weighted by Crippen LogP contribution is 2.26. The fourth-order valence-electron chi connectivity index (χ4n) is 3.01. The number of sulfonamides is 1. The van der Waals surface area contributed by atoms with Crippen molar-refractivity contribution in [1.29, 1.82) is 0 Å². The highest BCUT2D eigenvalue weighted by molar-refractivity contribution is 7.89. The molecule has 4 rings (SSSR count). The van der Waals surface area contributed by atoms with Crippen molar-refractivity contribution in [3.63, 3.8) is 0 Å². The standard InChI is InChI=1S/C22H21FN2O4S/c23-20-7-2-1-6-19(20)21-12-10-17(29-21)11-13-22(26)24-16-4-3-5-18(14-16)30(27,28)25-15-8-9-15/h1-7,10,12,14-15,25H,8-9,11,13H2,(H,24,26). The summed E-state index contributed by atoms with van der Waals surface area (Å²) in [7, 11) is -3.58. The number of hydrogen-bond donors (Lipinski definition) is 2. The van der Waals surface area contributed by atoms with Crippen molar-refractivity contribution in [2.45, 2.75) is 36.6 Å². The first-order valence-electron chi connectivity index (χ1n) is 9.66. The van der Waals surface area contributed by atoms with Crippen LogP contribution in [0, 0.1) is 5.82 Å². The number of aryl methyl sites for hydroxylation is 1. The molecule has 2 aromatic carbocycles. The molecule has 0 spiro atoms. The minimum absolute atomic E-state index is 0.01000. The predicted octanol–water partition coefficient (Wildman–Crippen LogP) is 4.10. The minimum atomic E-state index is -3.58. The Kier molecular flexibility index (Phi) is 5.69. The van der Waals surface area contributed by atoms with E-state index in [4.69, 9.17) is 4.42 Å². The second-order valence-corrected chi connectivity index (χ2v) is 8.93. The summed E-state index contributed by atoms with van der Waals surface area (Å²) in [5, 5.41) is 2.71. The Morgan fingerprint density at radius 1 is 1.07 bits per heavy atom. The molecular weight excluding hydrogens is 407 g/mol. The number of halogens is 1. The maximum atomic E-state index is 13.9. The van der Waals surface area contributed by atoms with E-state index in [0.29, 0.717) is 29.2 Å². The van der Waals surface area contributed by atoms with Crippen LogP contribution in [0.25, 0.3) is 11.3 Å². The normalized spacial score (nSPS) is 13.9. The summed E-state index contributed by atoms with van der Waals surface area (Å²) < 4.78 is 46.7. The van der Waals surface area contributed by atoms with Crippen LogP contribution in [-0.4, -0.2) is 20.4 Å². The van der Waals surface area contributed by atoms with E-state index in [1.54, 1.807) is 42.5 Å². The van der Waals surface area contributed by atoms with Crippen molar-refractivity contribution >= 4 is 21.6 Å². The molecule has 156 valence electrons. The van der Waals surface area contributed by atoms with E-state index in [1.165, 1.54) is 18.2 Å². The maximum Gasteiger partial charge on any atom is 0.240 e.